The maximum absolute atomic E-state index is 13.1. The molecule has 0 aliphatic carbocycles. The Balaban J connectivity index is 1.55. The Morgan fingerprint density at radius 3 is 1.84 bits per heavy atom. The van der Waals surface area contributed by atoms with Crippen molar-refractivity contribution in [1.29, 1.82) is 0 Å². The van der Waals surface area contributed by atoms with E-state index in [1.807, 2.05) is 84.9 Å². The summed E-state index contributed by atoms with van der Waals surface area (Å²) in [7, 11) is 0. The van der Waals surface area contributed by atoms with Crippen LogP contribution in [0.15, 0.2) is 97.1 Å². The van der Waals surface area contributed by atoms with Crippen LogP contribution in [0.5, 0.6) is 0 Å². The second-order valence-electron chi connectivity index (χ2n) is 7.89. The lowest BCUT2D eigenvalue weighted by molar-refractivity contribution is -0.139. The summed E-state index contributed by atoms with van der Waals surface area (Å²) < 4.78 is 0. The van der Waals surface area contributed by atoms with Gasteiger partial charge in [0.25, 0.3) is 5.91 Å². The van der Waals surface area contributed by atoms with Crippen molar-refractivity contribution in [3.8, 4) is 0 Å². The summed E-state index contributed by atoms with van der Waals surface area (Å²) in [6.07, 6.45) is 0.188. The van der Waals surface area contributed by atoms with Gasteiger partial charge in [0.2, 0.25) is 0 Å². The van der Waals surface area contributed by atoms with Gasteiger partial charge in [-0.2, -0.15) is 0 Å². The number of rotatable bonds is 5. The summed E-state index contributed by atoms with van der Waals surface area (Å²) >= 11 is 0. The van der Waals surface area contributed by atoms with Crippen LogP contribution < -0.4 is 5.32 Å². The maximum Gasteiger partial charge on any atom is 0.326 e. The number of aliphatic carboxylic acids is 1. The van der Waals surface area contributed by atoms with E-state index in [1.54, 1.807) is 6.07 Å². The molecule has 1 atom stereocenters. The Hall–Kier alpha value is -4.18. The van der Waals surface area contributed by atoms with Crippen molar-refractivity contribution in [2.24, 2.45) is 0 Å². The number of nitrogens with one attached hydrogen (secondary N) is 1. The lowest BCUT2D eigenvalue weighted by Gasteiger charge is -2.18. The van der Waals surface area contributed by atoms with Gasteiger partial charge in [-0.25, -0.2) is 4.79 Å². The lowest BCUT2D eigenvalue weighted by atomic mass is 9.92. The monoisotopic (exact) mass is 419 g/mol. The van der Waals surface area contributed by atoms with Crippen molar-refractivity contribution < 1.29 is 14.7 Å². The second-order valence-corrected chi connectivity index (χ2v) is 7.89. The first-order valence-electron chi connectivity index (χ1n) is 10.5. The maximum atomic E-state index is 13.1. The quantitative estimate of drug-likeness (QED) is 0.366. The van der Waals surface area contributed by atoms with Crippen molar-refractivity contribution in [2.75, 3.05) is 0 Å². The highest BCUT2D eigenvalue weighted by molar-refractivity contribution is 6.08. The van der Waals surface area contributed by atoms with Gasteiger partial charge in [0.1, 0.15) is 6.04 Å². The molecular formula is C28H21NO3. The molecule has 0 unspecified atom stereocenters. The molecule has 1 amide bonds. The molecule has 0 fully saturated rings. The molecular weight excluding hydrogens is 398 g/mol. The minimum Gasteiger partial charge on any atom is -0.480 e. The van der Waals surface area contributed by atoms with Gasteiger partial charge in [-0.1, -0.05) is 84.9 Å². The average molecular weight is 419 g/mol. The van der Waals surface area contributed by atoms with E-state index in [4.69, 9.17) is 0 Å². The zero-order valence-corrected chi connectivity index (χ0v) is 17.3. The number of carboxylic acid groups (broad SMARTS) is 1. The van der Waals surface area contributed by atoms with Crippen molar-refractivity contribution in [2.45, 2.75) is 12.5 Å². The molecule has 0 spiro atoms. The Bertz CT molecular complexity index is 1430. The van der Waals surface area contributed by atoms with E-state index in [0.717, 1.165) is 37.9 Å². The van der Waals surface area contributed by atoms with Gasteiger partial charge in [-0.3, -0.25) is 4.79 Å². The van der Waals surface area contributed by atoms with E-state index in [0.29, 0.717) is 5.56 Å². The van der Waals surface area contributed by atoms with Crippen LogP contribution in [0.4, 0.5) is 0 Å². The standard InChI is InChI=1S/C28H21NO3/c30-27(24-15-7-11-18-8-1-4-12-21(18)24)29-26(28(31)32)17-25-22-13-5-2-9-19(22)16-20-10-3-6-14-23(20)25/h1-16,26H,17H2,(H,29,30)(H,31,32)/t26-/m0/s1. The summed E-state index contributed by atoms with van der Waals surface area (Å²) in [4.78, 5) is 25.3. The van der Waals surface area contributed by atoms with Gasteiger partial charge < -0.3 is 10.4 Å². The van der Waals surface area contributed by atoms with Crippen LogP contribution in [-0.2, 0) is 11.2 Å². The third kappa shape index (κ3) is 3.56. The molecule has 5 rings (SSSR count). The van der Waals surface area contributed by atoms with Crippen molar-refractivity contribution >= 4 is 44.2 Å². The highest BCUT2D eigenvalue weighted by atomic mass is 16.4. The fourth-order valence-electron chi connectivity index (χ4n) is 4.39. The summed E-state index contributed by atoms with van der Waals surface area (Å²) in [5, 5.41) is 18.6. The van der Waals surface area contributed by atoms with Gasteiger partial charge >= 0.3 is 5.97 Å². The number of benzene rings is 5. The number of amides is 1. The molecule has 4 heteroatoms. The number of carbonyl (C=O) groups is 2. The molecule has 4 nitrogen and oxygen atoms in total. The summed E-state index contributed by atoms with van der Waals surface area (Å²) in [6.45, 7) is 0. The van der Waals surface area contributed by atoms with Crippen LogP contribution in [0.1, 0.15) is 15.9 Å². The Labute approximate surface area is 185 Å². The molecule has 0 saturated carbocycles. The van der Waals surface area contributed by atoms with Gasteiger partial charge in [0, 0.05) is 12.0 Å². The minimum absolute atomic E-state index is 0.188. The number of fused-ring (bicyclic) bond motifs is 3. The Morgan fingerprint density at radius 1 is 0.688 bits per heavy atom. The predicted octanol–water partition coefficient (Wildman–Crippen LogP) is 5.57. The van der Waals surface area contributed by atoms with Crippen LogP contribution in [0, 0.1) is 0 Å². The van der Waals surface area contributed by atoms with E-state index in [2.05, 4.69) is 11.4 Å². The normalized spacial score (nSPS) is 12.1. The zero-order valence-electron chi connectivity index (χ0n) is 17.3. The van der Waals surface area contributed by atoms with Gasteiger partial charge in [0.05, 0.1) is 0 Å². The fraction of sp³-hybridized carbons (Fsp3) is 0.0714. The minimum atomic E-state index is -1.06. The van der Waals surface area contributed by atoms with Gasteiger partial charge in [0.15, 0.2) is 0 Å². The smallest absolute Gasteiger partial charge is 0.326 e. The average Bonchev–Trinajstić information content (AvgIpc) is 2.82. The SMILES string of the molecule is O=C(N[C@@H](Cc1c2ccccc2cc2ccccc12)C(=O)O)c1cccc2ccccc12. The highest BCUT2D eigenvalue weighted by Gasteiger charge is 2.24. The molecule has 0 bridgehead atoms. The van der Waals surface area contributed by atoms with Gasteiger partial charge in [-0.05, 0) is 50.0 Å². The van der Waals surface area contributed by atoms with Crippen molar-refractivity contribution in [3.63, 3.8) is 0 Å². The van der Waals surface area contributed by atoms with E-state index < -0.39 is 17.9 Å². The first kappa shape index (κ1) is 19.8. The number of carbonyl (C=O) groups excluding carboxylic acids is 1. The van der Waals surface area contributed by atoms with Crippen LogP contribution >= 0.6 is 0 Å². The molecule has 32 heavy (non-hydrogen) atoms. The zero-order chi connectivity index (χ0) is 22.1. The molecule has 5 aromatic carbocycles. The molecule has 0 radical (unpaired) electrons. The first-order valence-corrected chi connectivity index (χ1v) is 10.5. The third-order valence-corrected chi connectivity index (χ3v) is 5.93. The van der Waals surface area contributed by atoms with Crippen LogP contribution in [0.25, 0.3) is 32.3 Å². The highest BCUT2D eigenvalue weighted by Crippen LogP contribution is 2.29. The number of hydrogen-bond acceptors (Lipinski definition) is 2. The molecule has 0 saturated heterocycles. The lowest BCUT2D eigenvalue weighted by Crippen LogP contribution is -2.42. The van der Waals surface area contributed by atoms with Crippen LogP contribution in [-0.4, -0.2) is 23.0 Å². The van der Waals surface area contributed by atoms with Crippen molar-refractivity contribution in [3.05, 3.63) is 108 Å². The predicted molar refractivity (Wildman–Crippen MR) is 128 cm³/mol. The van der Waals surface area contributed by atoms with Gasteiger partial charge in [-0.15, -0.1) is 0 Å². The van der Waals surface area contributed by atoms with E-state index in [9.17, 15) is 14.7 Å². The van der Waals surface area contributed by atoms with Crippen LogP contribution in [0.3, 0.4) is 0 Å². The molecule has 5 aromatic rings. The topological polar surface area (TPSA) is 66.4 Å². The van der Waals surface area contributed by atoms with E-state index in [-0.39, 0.29) is 6.42 Å². The fourth-order valence-corrected chi connectivity index (χ4v) is 4.39. The number of carboxylic acids is 1. The Morgan fingerprint density at radius 2 is 1.22 bits per heavy atom. The Kier molecular flexibility index (Phi) is 5.04. The molecule has 0 heterocycles. The second kappa shape index (κ2) is 8.16. The number of hydrogen-bond donors (Lipinski definition) is 2. The van der Waals surface area contributed by atoms with Crippen LogP contribution in [0.2, 0.25) is 0 Å². The van der Waals surface area contributed by atoms with Crippen molar-refractivity contribution in [1.82, 2.24) is 5.32 Å². The largest absolute Gasteiger partial charge is 0.480 e. The molecule has 2 N–H and O–H groups in total. The van der Waals surface area contributed by atoms with E-state index in [1.165, 1.54) is 0 Å². The third-order valence-electron chi connectivity index (χ3n) is 5.93. The molecule has 156 valence electrons. The molecule has 0 aliphatic heterocycles. The first-order chi connectivity index (χ1) is 15.6. The summed E-state index contributed by atoms with van der Waals surface area (Å²) in [5.41, 5.74) is 1.39. The molecule has 0 aromatic heterocycles. The molecule has 0 aliphatic rings. The van der Waals surface area contributed by atoms with E-state index >= 15 is 0 Å². The summed E-state index contributed by atoms with van der Waals surface area (Å²) in [5.74, 6) is -1.45. The summed E-state index contributed by atoms with van der Waals surface area (Å²) in [6, 6.07) is 30.0.